The highest BCUT2D eigenvalue weighted by molar-refractivity contribution is 9.10. The summed E-state index contributed by atoms with van der Waals surface area (Å²) < 4.78 is 21.0. The molecule has 1 saturated heterocycles. The summed E-state index contributed by atoms with van der Waals surface area (Å²) in [5.74, 6) is -1.37. The Balaban J connectivity index is 1.39. The fourth-order valence-corrected chi connectivity index (χ4v) is 4.76. The molecule has 0 aromatic heterocycles. The van der Waals surface area contributed by atoms with Crippen molar-refractivity contribution in [2.75, 3.05) is 4.90 Å². The molecule has 0 spiro atoms. The van der Waals surface area contributed by atoms with Gasteiger partial charge in [0.05, 0.1) is 10.2 Å². The Bertz CT molecular complexity index is 1560. The number of carbonyl (C=O) groups is 2. The van der Waals surface area contributed by atoms with Crippen LogP contribution in [0.25, 0.3) is 16.8 Å². The molecule has 0 bridgehead atoms. The summed E-state index contributed by atoms with van der Waals surface area (Å²) in [6.07, 6.45) is 1.44. The normalized spacial score (nSPS) is 14.9. The number of ether oxygens (including phenoxy) is 1. The summed E-state index contributed by atoms with van der Waals surface area (Å²) in [5, 5.41) is 4.55. The lowest BCUT2D eigenvalue weighted by atomic mass is 10.1. The maximum atomic E-state index is 14.3. The summed E-state index contributed by atoms with van der Waals surface area (Å²) in [4.78, 5) is 26.7. The first-order chi connectivity index (χ1) is 17.4. The van der Waals surface area contributed by atoms with E-state index in [0.717, 1.165) is 21.2 Å². The van der Waals surface area contributed by atoms with E-state index in [2.05, 4.69) is 39.4 Å². The fraction of sp³-hybridized carbons (Fsp3) is 0.0357. The standard InChI is InChI=1S/C28H18BrFN2O3S/c29-22-15-17(12-13-25(22)35-16-19-8-5-7-18-6-1-2-9-20(18)19)14-21-26(33)31-28(36)32(27(21)34)24-11-4-3-10-23(24)30/h1-15H,16H2,(H,31,33,36)/b21-14+. The molecule has 1 N–H and O–H groups in total. The van der Waals surface area contributed by atoms with E-state index in [1.807, 2.05) is 24.3 Å². The molecule has 5 nitrogen and oxygen atoms in total. The van der Waals surface area contributed by atoms with Crippen molar-refractivity contribution in [1.82, 2.24) is 5.32 Å². The van der Waals surface area contributed by atoms with Crippen molar-refractivity contribution in [2.24, 2.45) is 0 Å². The molecule has 4 aromatic rings. The van der Waals surface area contributed by atoms with Gasteiger partial charge in [-0.1, -0.05) is 60.7 Å². The number of hydrogen-bond donors (Lipinski definition) is 1. The maximum Gasteiger partial charge on any atom is 0.270 e. The molecule has 4 aromatic carbocycles. The van der Waals surface area contributed by atoms with Crippen molar-refractivity contribution in [3.05, 3.63) is 112 Å². The molecule has 0 atom stereocenters. The molecule has 1 aliphatic rings. The van der Waals surface area contributed by atoms with Gasteiger partial charge in [-0.15, -0.1) is 0 Å². The van der Waals surface area contributed by atoms with E-state index in [4.69, 9.17) is 17.0 Å². The number of nitrogens with zero attached hydrogens (tertiary/aromatic N) is 1. The number of para-hydroxylation sites is 1. The molecule has 0 saturated carbocycles. The fourth-order valence-electron chi connectivity index (χ4n) is 3.97. The third-order valence-electron chi connectivity index (χ3n) is 5.73. The van der Waals surface area contributed by atoms with Crippen LogP contribution in [0.2, 0.25) is 0 Å². The smallest absolute Gasteiger partial charge is 0.270 e. The largest absolute Gasteiger partial charge is 0.488 e. The van der Waals surface area contributed by atoms with Crippen molar-refractivity contribution in [2.45, 2.75) is 6.61 Å². The minimum atomic E-state index is -0.707. The summed E-state index contributed by atoms with van der Waals surface area (Å²) in [6.45, 7) is 0.371. The number of benzene rings is 4. The number of anilines is 1. The van der Waals surface area contributed by atoms with Gasteiger partial charge in [0.15, 0.2) is 5.11 Å². The van der Waals surface area contributed by atoms with E-state index in [9.17, 15) is 14.0 Å². The van der Waals surface area contributed by atoms with Gasteiger partial charge >= 0.3 is 0 Å². The molecule has 1 aliphatic heterocycles. The van der Waals surface area contributed by atoms with E-state index in [0.29, 0.717) is 22.4 Å². The first-order valence-corrected chi connectivity index (χ1v) is 12.2. The minimum Gasteiger partial charge on any atom is -0.488 e. The van der Waals surface area contributed by atoms with Crippen molar-refractivity contribution < 1.29 is 18.7 Å². The van der Waals surface area contributed by atoms with E-state index >= 15 is 0 Å². The van der Waals surface area contributed by atoms with E-state index in [1.165, 1.54) is 24.3 Å². The molecule has 8 heteroatoms. The van der Waals surface area contributed by atoms with Gasteiger partial charge in [0, 0.05) is 0 Å². The third kappa shape index (κ3) is 4.65. The van der Waals surface area contributed by atoms with Crippen molar-refractivity contribution in [3.8, 4) is 5.75 Å². The maximum absolute atomic E-state index is 14.3. The molecule has 5 rings (SSSR count). The van der Waals surface area contributed by atoms with Crippen LogP contribution >= 0.6 is 28.1 Å². The molecule has 0 radical (unpaired) electrons. The zero-order valence-corrected chi connectivity index (χ0v) is 21.1. The number of hydrogen-bond acceptors (Lipinski definition) is 4. The average Bonchev–Trinajstić information content (AvgIpc) is 2.87. The SMILES string of the molecule is O=C1NC(=S)N(c2ccccc2F)C(=O)/C1=C/c1ccc(OCc2cccc3ccccc23)c(Br)c1. The summed E-state index contributed by atoms with van der Waals surface area (Å²) in [6, 6.07) is 25.1. The Hall–Kier alpha value is -3.88. The van der Waals surface area contributed by atoms with Crippen molar-refractivity contribution in [3.63, 3.8) is 0 Å². The van der Waals surface area contributed by atoms with Gasteiger partial charge < -0.3 is 4.74 Å². The van der Waals surface area contributed by atoms with Gasteiger partial charge in [-0.25, -0.2) is 9.29 Å². The van der Waals surface area contributed by atoms with E-state index in [1.54, 1.807) is 24.3 Å². The lowest BCUT2D eigenvalue weighted by Gasteiger charge is -2.29. The molecule has 0 unspecified atom stereocenters. The van der Waals surface area contributed by atoms with Crippen LogP contribution in [0.3, 0.4) is 0 Å². The van der Waals surface area contributed by atoms with Gasteiger partial charge in [0.1, 0.15) is 23.7 Å². The summed E-state index contributed by atoms with van der Waals surface area (Å²) >= 11 is 8.64. The van der Waals surface area contributed by atoms with Gasteiger partial charge in [-0.05, 0) is 80.4 Å². The number of carbonyl (C=O) groups excluding carboxylic acids is 2. The molecule has 36 heavy (non-hydrogen) atoms. The molecular formula is C28H18BrFN2O3S. The quantitative estimate of drug-likeness (QED) is 0.180. The molecular weight excluding hydrogens is 543 g/mol. The monoisotopic (exact) mass is 560 g/mol. The first-order valence-electron chi connectivity index (χ1n) is 11.0. The van der Waals surface area contributed by atoms with Gasteiger partial charge in [0.2, 0.25) is 0 Å². The van der Waals surface area contributed by atoms with Crippen LogP contribution < -0.4 is 15.0 Å². The molecule has 0 aliphatic carbocycles. The van der Waals surface area contributed by atoms with Crippen molar-refractivity contribution >= 4 is 67.6 Å². The number of rotatable bonds is 5. The van der Waals surface area contributed by atoms with Gasteiger partial charge in [-0.2, -0.15) is 0 Å². The Morgan fingerprint density at radius 2 is 1.72 bits per heavy atom. The lowest BCUT2D eigenvalue weighted by molar-refractivity contribution is -0.122. The third-order valence-corrected chi connectivity index (χ3v) is 6.63. The Morgan fingerprint density at radius 3 is 2.53 bits per heavy atom. The summed E-state index contributed by atoms with van der Waals surface area (Å²) in [7, 11) is 0. The predicted octanol–water partition coefficient (Wildman–Crippen LogP) is 6.15. The molecule has 2 amide bonds. The van der Waals surface area contributed by atoms with Crippen LogP contribution in [0.1, 0.15) is 11.1 Å². The highest BCUT2D eigenvalue weighted by Crippen LogP contribution is 2.30. The number of thiocarbonyl (C=S) groups is 1. The average molecular weight is 561 g/mol. The lowest BCUT2D eigenvalue weighted by Crippen LogP contribution is -2.54. The van der Waals surface area contributed by atoms with Crippen LogP contribution in [-0.2, 0) is 16.2 Å². The summed E-state index contributed by atoms with van der Waals surface area (Å²) in [5.41, 5.74) is 1.44. The predicted molar refractivity (Wildman–Crippen MR) is 145 cm³/mol. The Labute approximate surface area is 220 Å². The number of nitrogens with one attached hydrogen (secondary N) is 1. The number of amides is 2. The topological polar surface area (TPSA) is 58.6 Å². The first kappa shape index (κ1) is 23.8. The molecule has 178 valence electrons. The zero-order chi connectivity index (χ0) is 25.2. The Kier molecular flexibility index (Phi) is 6.63. The minimum absolute atomic E-state index is 0.0308. The van der Waals surface area contributed by atoms with Gasteiger partial charge in [0.25, 0.3) is 11.8 Å². The number of halogens is 2. The van der Waals surface area contributed by atoms with Crippen LogP contribution in [0.5, 0.6) is 5.75 Å². The highest BCUT2D eigenvalue weighted by Gasteiger charge is 2.35. The van der Waals surface area contributed by atoms with Crippen LogP contribution in [-0.4, -0.2) is 16.9 Å². The molecule has 1 heterocycles. The second-order valence-corrected chi connectivity index (χ2v) is 9.27. The highest BCUT2D eigenvalue weighted by atomic mass is 79.9. The van der Waals surface area contributed by atoms with Crippen LogP contribution in [0.4, 0.5) is 10.1 Å². The van der Waals surface area contributed by atoms with E-state index in [-0.39, 0.29) is 16.4 Å². The Morgan fingerprint density at radius 1 is 0.972 bits per heavy atom. The number of fused-ring (bicyclic) bond motifs is 1. The van der Waals surface area contributed by atoms with Crippen LogP contribution in [0, 0.1) is 5.82 Å². The van der Waals surface area contributed by atoms with Crippen LogP contribution in [0.15, 0.2) is 95.0 Å². The van der Waals surface area contributed by atoms with Gasteiger partial charge in [-0.3, -0.25) is 14.9 Å². The second-order valence-electron chi connectivity index (χ2n) is 8.03. The zero-order valence-electron chi connectivity index (χ0n) is 18.7. The second kappa shape index (κ2) is 10.0. The molecule has 1 fully saturated rings. The van der Waals surface area contributed by atoms with E-state index < -0.39 is 17.6 Å². The van der Waals surface area contributed by atoms with Crippen molar-refractivity contribution in [1.29, 1.82) is 0 Å².